The second-order valence-electron chi connectivity index (χ2n) is 6.15. The Morgan fingerprint density at radius 2 is 2.05 bits per heavy atom. The van der Waals surface area contributed by atoms with Gasteiger partial charge in [0.15, 0.2) is 0 Å². The highest BCUT2D eigenvalue weighted by Gasteiger charge is 2.35. The maximum absolute atomic E-state index is 12.6. The Balaban J connectivity index is 1.96. The summed E-state index contributed by atoms with van der Waals surface area (Å²) in [5, 5.41) is 3.28. The van der Waals surface area contributed by atoms with E-state index in [0.717, 1.165) is 5.69 Å². The average Bonchev–Trinajstić information content (AvgIpc) is 2.83. The minimum Gasteiger partial charge on any atom is -0.432 e. The Morgan fingerprint density at radius 3 is 2.57 bits per heavy atom. The van der Waals surface area contributed by atoms with Crippen LogP contribution in [0.25, 0.3) is 0 Å². The van der Waals surface area contributed by atoms with Crippen LogP contribution in [0.15, 0.2) is 22.3 Å². The first kappa shape index (κ1) is 15.9. The lowest BCUT2D eigenvalue weighted by molar-refractivity contribution is -0.0944. The second kappa shape index (κ2) is 5.71. The lowest BCUT2D eigenvalue weighted by atomic mass is 10.1. The molecule has 21 heavy (non-hydrogen) atoms. The number of hydrogen-bond donors (Lipinski definition) is 1. The SMILES string of the molecule is CC(C)(C)NCc1coc(N2CC=C(C(F)(F)F)CC2)n1. The van der Waals surface area contributed by atoms with Crippen LogP contribution < -0.4 is 10.2 Å². The third kappa shape index (κ3) is 4.49. The van der Waals surface area contributed by atoms with Crippen LogP contribution in [0.1, 0.15) is 32.9 Å². The molecule has 0 saturated carbocycles. The van der Waals surface area contributed by atoms with E-state index in [1.807, 2.05) is 20.8 Å². The molecule has 2 heterocycles. The van der Waals surface area contributed by atoms with Crippen molar-refractivity contribution in [3.05, 3.63) is 23.6 Å². The van der Waals surface area contributed by atoms with Gasteiger partial charge in [0.25, 0.3) is 6.01 Å². The van der Waals surface area contributed by atoms with Gasteiger partial charge in [-0.25, -0.2) is 0 Å². The highest BCUT2D eigenvalue weighted by atomic mass is 19.4. The van der Waals surface area contributed by atoms with Gasteiger partial charge in [-0.3, -0.25) is 0 Å². The van der Waals surface area contributed by atoms with Crippen LogP contribution >= 0.6 is 0 Å². The van der Waals surface area contributed by atoms with Gasteiger partial charge in [-0.2, -0.15) is 18.2 Å². The van der Waals surface area contributed by atoms with Gasteiger partial charge in [0.2, 0.25) is 0 Å². The number of alkyl halides is 3. The van der Waals surface area contributed by atoms with Crippen LogP contribution in [0.3, 0.4) is 0 Å². The second-order valence-corrected chi connectivity index (χ2v) is 6.15. The molecule has 1 aromatic heterocycles. The number of nitrogens with one attached hydrogen (secondary N) is 1. The van der Waals surface area contributed by atoms with E-state index < -0.39 is 11.7 Å². The predicted octanol–water partition coefficient (Wildman–Crippen LogP) is 3.26. The molecule has 7 heteroatoms. The van der Waals surface area contributed by atoms with Crippen molar-refractivity contribution in [3.8, 4) is 0 Å². The quantitative estimate of drug-likeness (QED) is 0.870. The Labute approximate surface area is 122 Å². The summed E-state index contributed by atoms with van der Waals surface area (Å²) in [5.41, 5.74) is 0.236. The zero-order valence-electron chi connectivity index (χ0n) is 12.4. The Hall–Kier alpha value is -1.50. The number of oxazole rings is 1. The van der Waals surface area contributed by atoms with Crippen LogP contribution in [0.5, 0.6) is 0 Å². The van der Waals surface area contributed by atoms with E-state index in [4.69, 9.17) is 4.42 Å². The van der Waals surface area contributed by atoms with Crippen molar-refractivity contribution in [1.29, 1.82) is 0 Å². The van der Waals surface area contributed by atoms with Crippen molar-refractivity contribution in [1.82, 2.24) is 10.3 Å². The van der Waals surface area contributed by atoms with Gasteiger partial charge in [-0.1, -0.05) is 6.08 Å². The van der Waals surface area contributed by atoms with E-state index in [9.17, 15) is 13.2 Å². The summed E-state index contributed by atoms with van der Waals surface area (Å²) in [5.74, 6) is 0. The van der Waals surface area contributed by atoms with Crippen molar-refractivity contribution in [2.45, 2.75) is 45.5 Å². The molecular weight excluding hydrogens is 283 g/mol. The molecule has 0 atom stereocenters. The van der Waals surface area contributed by atoms with Crippen LogP contribution in [0, 0.1) is 0 Å². The molecule has 0 aromatic carbocycles. The largest absolute Gasteiger partial charge is 0.432 e. The first-order chi connectivity index (χ1) is 9.65. The zero-order valence-corrected chi connectivity index (χ0v) is 12.4. The lowest BCUT2D eigenvalue weighted by Gasteiger charge is -2.25. The molecule has 4 nitrogen and oxygen atoms in total. The van der Waals surface area contributed by atoms with Crippen molar-refractivity contribution >= 4 is 6.01 Å². The van der Waals surface area contributed by atoms with Crippen molar-refractivity contribution in [3.63, 3.8) is 0 Å². The predicted molar refractivity (Wildman–Crippen MR) is 74.1 cm³/mol. The molecule has 0 spiro atoms. The summed E-state index contributed by atoms with van der Waals surface area (Å²) in [6, 6.07) is 0.373. The molecule has 0 fully saturated rings. The van der Waals surface area contributed by atoms with Gasteiger partial charge in [-0.05, 0) is 27.2 Å². The van der Waals surface area contributed by atoms with Gasteiger partial charge in [0.1, 0.15) is 6.26 Å². The molecule has 1 aromatic rings. The van der Waals surface area contributed by atoms with Gasteiger partial charge >= 0.3 is 6.18 Å². The Kier molecular flexibility index (Phi) is 4.32. The van der Waals surface area contributed by atoms with Crippen LogP contribution in [-0.4, -0.2) is 29.8 Å². The fraction of sp³-hybridized carbons (Fsp3) is 0.643. The van der Waals surface area contributed by atoms with E-state index in [1.165, 1.54) is 12.3 Å². The highest BCUT2D eigenvalue weighted by molar-refractivity contribution is 5.33. The van der Waals surface area contributed by atoms with E-state index in [1.54, 1.807) is 4.90 Å². The van der Waals surface area contributed by atoms with Gasteiger partial charge in [0.05, 0.1) is 5.69 Å². The topological polar surface area (TPSA) is 41.3 Å². The van der Waals surface area contributed by atoms with Gasteiger partial charge < -0.3 is 14.6 Å². The van der Waals surface area contributed by atoms with Crippen molar-refractivity contribution < 1.29 is 17.6 Å². The molecule has 0 saturated heterocycles. The summed E-state index contributed by atoms with van der Waals surface area (Å²) in [6.45, 7) is 7.12. The van der Waals surface area contributed by atoms with Crippen molar-refractivity contribution in [2.24, 2.45) is 0 Å². The first-order valence-electron chi connectivity index (χ1n) is 6.86. The maximum atomic E-state index is 12.6. The molecule has 0 aliphatic carbocycles. The number of halogens is 3. The minimum atomic E-state index is -4.23. The monoisotopic (exact) mass is 303 g/mol. The highest BCUT2D eigenvalue weighted by Crippen LogP contribution is 2.31. The molecule has 1 aliphatic heterocycles. The third-order valence-electron chi connectivity index (χ3n) is 3.18. The summed E-state index contributed by atoms with van der Waals surface area (Å²) in [7, 11) is 0. The minimum absolute atomic E-state index is 0.0331. The Morgan fingerprint density at radius 1 is 1.33 bits per heavy atom. The first-order valence-corrected chi connectivity index (χ1v) is 6.86. The van der Waals surface area contributed by atoms with E-state index >= 15 is 0 Å². The van der Waals surface area contributed by atoms with Gasteiger partial charge in [-0.15, -0.1) is 0 Å². The smallest absolute Gasteiger partial charge is 0.412 e. The van der Waals surface area contributed by atoms with Crippen LogP contribution in [0.2, 0.25) is 0 Å². The summed E-state index contributed by atoms with van der Waals surface area (Å²) >= 11 is 0. The van der Waals surface area contributed by atoms with E-state index in [2.05, 4.69) is 10.3 Å². The summed E-state index contributed by atoms with van der Waals surface area (Å²) in [4.78, 5) is 6.01. The van der Waals surface area contributed by atoms with Crippen LogP contribution in [-0.2, 0) is 6.54 Å². The van der Waals surface area contributed by atoms with Crippen molar-refractivity contribution in [2.75, 3.05) is 18.0 Å². The van der Waals surface area contributed by atoms with Crippen LogP contribution in [0.4, 0.5) is 19.2 Å². The molecule has 1 aliphatic rings. The third-order valence-corrected chi connectivity index (χ3v) is 3.18. The number of rotatable bonds is 3. The normalized spacial score (nSPS) is 17.0. The number of nitrogens with zero attached hydrogens (tertiary/aromatic N) is 2. The number of hydrogen-bond acceptors (Lipinski definition) is 4. The standard InChI is InChI=1S/C14H20F3N3O/c1-13(2,3)18-8-11-9-21-12(19-11)20-6-4-10(5-7-20)14(15,16)17/h4,9,18H,5-8H2,1-3H3. The zero-order chi connectivity index (χ0) is 15.7. The van der Waals surface area contributed by atoms with Gasteiger partial charge in [0, 0.05) is 30.7 Å². The Bertz CT molecular complexity index is 514. The number of aromatic nitrogens is 1. The molecule has 118 valence electrons. The molecule has 0 amide bonds. The molecule has 0 bridgehead atoms. The molecular formula is C14H20F3N3O. The lowest BCUT2D eigenvalue weighted by Crippen LogP contribution is -2.35. The van der Waals surface area contributed by atoms with E-state index in [-0.39, 0.29) is 25.0 Å². The molecule has 0 radical (unpaired) electrons. The average molecular weight is 303 g/mol. The fourth-order valence-electron chi connectivity index (χ4n) is 1.98. The molecule has 1 N–H and O–H groups in total. The summed E-state index contributed by atoms with van der Waals surface area (Å²) in [6.07, 6.45) is -1.54. The molecule has 2 rings (SSSR count). The maximum Gasteiger partial charge on any atom is 0.412 e. The fourth-order valence-corrected chi connectivity index (χ4v) is 1.98. The summed E-state index contributed by atoms with van der Waals surface area (Å²) < 4.78 is 43.0. The van der Waals surface area contributed by atoms with E-state index in [0.29, 0.717) is 12.6 Å². The number of anilines is 1. The molecule has 0 unspecified atom stereocenters.